The van der Waals surface area contributed by atoms with Gasteiger partial charge >= 0.3 is 0 Å². The molecule has 0 fully saturated rings. The number of nitrogens with two attached hydrogens (primary N) is 1. The van der Waals surface area contributed by atoms with Crippen molar-refractivity contribution in [3.05, 3.63) is 35.4 Å². The molecular formula is C15H25F2N3. The van der Waals surface area contributed by atoms with Crippen molar-refractivity contribution < 1.29 is 8.78 Å². The van der Waals surface area contributed by atoms with E-state index in [0.29, 0.717) is 12.0 Å². The molecule has 1 atom stereocenters. The highest BCUT2D eigenvalue weighted by atomic mass is 19.1. The number of hydrazine groups is 1. The Morgan fingerprint density at radius 2 is 1.85 bits per heavy atom. The van der Waals surface area contributed by atoms with Crippen LogP contribution >= 0.6 is 0 Å². The van der Waals surface area contributed by atoms with Crippen molar-refractivity contribution in [3.8, 4) is 0 Å². The standard InChI is InChI=1S/C15H25F2N3/c1-5-20(6-2)15(3,4)14(19-18)9-11-7-8-12(16)10-13(11)17/h7-8,10,14,19H,5-6,9,18H2,1-4H3. The average molecular weight is 285 g/mol. The summed E-state index contributed by atoms with van der Waals surface area (Å²) < 4.78 is 26.7. The quantitative estimate of drug-likeness (QED) is 0.597. The van der Waals surface area contributed by atoms with Crippen molar-refractivity contribution in [1.82, 2.24) is 10.3 Å². The van der Waals surface area contributed by atoms with Crippen LogP contribution in [0.2, 0.25) is 0 Å². The predicted octanol–water partition coefficient (Wildman–Crippen LogP) is 2.46. The Morgan fingerprint density at radius 1 is 1.25 bits per heavy atom. The fourth-order valence-corrected chi connectivity index (χ4v) is 2.68. The van der Waals surface area contributed by atoms with Gasteiger partial charge in [0, 0.05) is 17.6 Å². The summed E-state index contributed by atoms with van der Waals surface area (Å²) in [6.45, 7) is 10.1. The maximum Gasteiger partial charge on any atom is 0.129 e. The molecule has 0 bridgehead atoms. The molecule has 0 saturated carbocycles. The van der Waals surface area contributed by atoms with E-state index in [1.807, 2.05) is 0 Å². The van der Waals surface area contributed by atoms with Crippen LogP contribution in [-0.4, -0.2) is 29.6 Å². The number of benzene rings is 1. The van der Waals surface area contributed by atoms with E-state index in [4.69, 9.17) is 5.84 Å². The summed E-state index contributed by atoms with van der Waals surface area (Å²) in [4.78, 5) is 2.26. The van der Waals surface area contributed by atoms with Gasteiger partial charge in [0.2, 0.25) is 0 Å². The molecule has 0 aliphatic heterocycles. The minimum Gasteiger partial charge on any atom is -0.297 e. The Balaban J connectivity index is 2.96. The molecule has 0 aromatic heterocycles. The Hall–Kier alpha value is -1.04. The van der Waals surface area contributed by atoms with E-state index >= 15 is 0 Å². The van der Waals surface area contributed by atoms with E-state index in [0.717, 1.165) is 19.2 Å². The zero-order valence-corrected chi connectivity index (χ0v) is 12.7. The summed E-state index contributed by atoms with van der Waals surface area (Å²) in [6.07, 6.45) is 0.409. The fraction of sp³-hybridized carbons (Fsp3) is 0.600. The summed E-state index contributed by atoms with van der Waals surface area (Å²) in [7, 11) is 0. The number of halogens is 2. The molecule has 0 saturated heterocycles. The Kier molecular flexibility index (Phi) is 6.05. The molecule has 0 heterocycles. The molecule has 0 radical (unpaired) electrons. The van der Waals surface area contributed by atoms with Crippen molar-refractivity contribution in [2.24, 2.45) is 5.84 Å². The lowest BCUT2D eigenvalue weighted by Crippen LogP contribution is -2.60. The number of rotatable bonds is 7. The molecule has 1 rings (SSSR count). The molecule has 5 heteroatoms. The van der Waals surface area contributed by atoms with Crippen LogP contribution in [0.4, 0.5) is 8.78 Å². The van der Waals surface area contributed by atoms with E-state index in [-0.39, 0.29) is 11.6 Å². The number of nitrogens with zero attached hydrogens (tertiary/aromatic N) is 1. The van der Waals surface area contributed by atoms with Gasteiger partial charge in [0.25, 0.3) is 0 Å². The molecule has 0 aliphatic carbocycles. The molecular weight excluding hydrogens is 260 g/mol. The van der Waals surface area contributed by atoms with Gasteiger partial charge in [-0.3, -0.25) is 16.2 Å². The third-order valence-electron chi connectivity index (χ3n) is 4.07. The zero-order chi connectivity index (χ0) is 15.3. The van der Waals surface area contributed by atoms with E-state index in [2.05, 4.69) is 38.0 Å². The fourth-order valence-electron chi connectivity index (χ4n) is 2.68. The van der Waals surface area contributed by atoms with Gasteiger partial charge in [-0.25, -0.2) is 8.78 Å². The molecule has 0 aliphatic rings. The normalized spacial score (nSPS) is 13.8. The minimum atomic E-state index is -0.563. The molecule has 1 aromatic carbocycles. The Labute approximate surface area is 120 Å². The molecule has 20 heavy (non-hydrogen) atoms. The summed E-state index contributed by atoms with van der Waals surface area (Å²) in [5.74, 6) is 4.57. The van der Waals surface area contributed by atoms with Crippen LogP contribution < -0.4 is 11.3 Å². The largest absolute Gasteiger partial charge is 0.297 e. The Morgan fingerprint density at radius 3 is 2.30 bits per heavy atom. The van der Waals surface area contributed by atoms with Gasteiger partial charge in [-0.05, 0) is 45.0 Å². The van der Waals surface area contributed by atoms with Crippen LogP contribution in [0.1, 0.15) is 33.3 Å². The van der Waals surface area contributed by atoms with Crippen molar-refractivity contribution in [1.29, 1.82) is 0 Å². The molecule has 3 N–H and O–H groups in total. The lowest BCUT2D eigenvalue weighted by atomic mass is 9.87. The van der Waals surface area contributed by atoms with E-state index in [9.17, 15) is 8.78 Å². The topological polar surface area (TPSA) is 41.3 Å². The highest BCUT2D eigenvalue weighted by Crippen LogP contribution is 2.23. The van der Waals surface area contributed by atoms with Gasteiger partial charge in [-0.1, -0.05) is 19.9 Å². The van der Waals surface area contributed by atoms with E-state index < -0.39 is 11.6 Å². The third-order valence-corrected chi connectivity index (χ3v) is 4.07. The van der Waals surface area contributed by atoms with Gasteiger partial charge in [0.15, 0.2) is 0 Å². The van der Waals surface area contributed by atoms with Crippen molar-refractivity contribution in [2.45, 2.75) is 45.7 Å². The number of hydrogen-bond acceptors (Lipinski definition) is 3. The minimum absolute atomic E-state index is 0.137. The SMILES string of the molecule is CCN(CC)C(C)(C)C(Cc1ccc(F)cc1F)NN. The third kappa shape index (κ3) is 3.75. The molecule has 114 valence electrons. The van der Waals surface area contributed by atoms with E-state index in [1.165, 1.54) is 12.1 Å². The first kappa shape index (κ1) is 17.0. The van der Waals surface area contributed by atoms with Gasteiger partial charge in [-0.15, -0.1) is 0 Å². The second-order valence-electron chi connectivity index (χ2n) is 5.49. The Bertz CT molecular complexity index is 431. The van der Waals surface area contributed by atoms with Crippen LogP contribution in [0, 0.1) is 11.6 Å². The van der Waals surface area contributed by atoms with Crippen molar-refractivity contribution >= 4 is 0 Å². The van der Waals surface area contributed by atoms with Crippen LogP contribution in [-0.2, 0) is 6.42 Å². The first-order valence-corrected chi connectivity index (χ1v) is 7.01. The summed E-state index contributed by atoms with van der Waals surface area (Å²) >= 11 is 0. The van der Waals surface area contributed by atoms with Crippen LogP contribution in [0.15, 0.2) is 18.2 Å². The molecule has 3 nitrogen and oxygen atoms in total. The highest BCUT2D eigenvalue weighted by molar-refractivity contribution is 5.20. The summed E-state index contributed by atoms with van der Waals surface area (Å²) in [5, 5.41) is 0. The lowest BCUT2D eigenvalue weighted by molar-refractivity contribution is 0.0909. The molecule has 0 spiro atoms. The van der Waals surface area contributed by atoms with Gasteiger partial charge in [0.05, 0.1) is 0 Å². The van der Waals surface area contributed by atoms with Crippen molar-refractivity contribution in [2.75, 3.05) is 13.1 Å². The molecule has 1 unspecified atom stereocenters. The number of hydrogen-bond donors (Lipinski definition) is 2. The number of likely N-dealkylation sites (N-methyl/N-ethyl adjacent to an activating group) is 1. The van der Waals surface area contributed by atoms with Gasteiger partial charge in [0.1, 0.15) is 11.6 Å². The van der Waals surface area contributed by atoms with Gasteiger partial charge in [-0.2, -0.15) is 0 Å². The summed E-state index contributed by atoms with van der Waals surface area (Å²) in [6, 6.07) is 3.53. The number of nitrogens with one attached hydrogen (secondary N) is 1. The van der Waals surface area contributed by atoms with Gasteiger partial charge < -0.3 is 0 Å². The second kappa shape index (κ2) is 7.11. The first-order chi connectivity index (χ1) is 9.36. The van der Waals surface area contributed by atoms with E-state index in [1.54, 1.807) is 0 Å². The summed E-state index contributed by atoms with van der Waals surface area (Å²) in [5.41, 5.74) is 3.01. The van der Waals surface area contributed by atoms with Crippen molar-refractivity contribution in [3.63, 3.8) is 0 Å². The highest BCUT2D eigenvalue weighted by Gasteiger charge is 2.33. The maximum absolute atomic E-state index is 13.8. The smallest absolute Gasteiger partial charge is 0.129 e. The predicted molar refractivity (Wildman–Crippen MR) is 78.2 cm³/mol. The zero-order valence-electron chi connectivity index (χ0n) is 12.7. The second-order valence-corrected chi connectivity index (χ2v) is 5.49. The molecule has 0 amide bonds. The average Bonchev–Trinajstić information content (AvgIpc) is 2.38. The molecule has 1 aromatic rings. The van der Waals surface area contributed by atoms with Crippen LogP contribution in [0.25, 0.3) is 0 Å². The van der Waals surface area contributed by atoms with Crippen LogP contribution in [0.3, 0.4) is 0 Å². The maximum atomic E-state index is 13.8. The monoisotopic (exact) mass is 285 g/mol. The first-order valence-electron chi connectivity index (χ1n) is 7.01. The van der Waals surface area contributed by atoms with Crippen LogP contribution in [0.5, 0.6) is 0 Å². The lowest BCUT2D eigenvalue weighted by Gasteiger charge is -2.43.